The fraction of sp³-hybridized carbons (Fsp3) is 0.455. The van der Waals surface area contributed by atoms with Crippen LogP contribution in [0.2, 0.25) is 0 Å². The highest BCUT2D eigenvalue weighted by Crippen LogP contribution is 2.35. The third-order valence-electron chi connectivity index (χ3n) is 5.73. The lowest BCUT2D eigenvalue weighted by Gasteiger charge is -2.38. The molecule has 0 unspecified atom stereocenters. The van der Waals surface area contributed by atoms with Gasteiger partial charge in [-0.25, -0.2) is 0 Å². The average molecular weight is 393 g/mol. The molecule has 2 aromatic rings. The lowest BCUT2D eigenvalue weighted by molar-refractivity contribution is 0.0953. The van der Waals surface area contributed by atoms with Crippen molar-refractivity contribution >= 4 is 24.8 Å². The first-order valence-electron chi connectivity index (χ1n) is 9.48. The first-order chi connectivity index (χ1) is 11.9. The maximum absolute atomic E-state index is 2.72. The van der Waals surface area contributed by atoms with Gasteiger partial charge in [-0.3, -0.25) is 4.90 Å². The Labute approximate surface area is 170 Å². The molecule has 0 amide bonds. The highest BCUT2D eigenvalue weighted by molar-refractivity contribution is 5.85. The van der Waals surface area contributed by atoms with Gasteiger partial charge in [-0.2, -0.15) is 0 Å². The molecule has 0 saturated carbocycles. The molecular weight excluding hydrogens is 363 g/mol. The van der Waals surface area contributed by atoms with Crippen molar-refractivity contribution in [3.63, 3.8) is 0 Å². The maximum Gasteiger partial charge on any atom is 0.0355 e. The molecule has 0 spiro atoms. The van der Waals surface area contributed by atoms with Crippen LogP contribution in [0, 0.1) is 0 Å². The van der Waals surface area contributed by atoms with E-state index in [2.05, 4.69) is 64.4 Å². The van der Waals surface area contributed by atoms with E-state index < -0.39 is 0 Å². The Hall–Kier alpha value is -1.06. The largest absolute Gasteiger partial charge is 0.301 e. The molecule has 1 heterocycles. The summed E-state index contributed by atoms with van der Waals surface area (Å²) in [6.07, 6.45) is 5.05. The molecule has 2 nitrogen and oxygen atoms in total. The maximum atomic E-state index is 2.72. The number of halogens is 2. The van der Waals surface area contributed by atoms with Crippen molar-refractivity contribution in [2.45, 2.75) is 31.7 Å². The highest BCUT2D eigenvalue weighted by Gasteiger charge is 2.29. The van der Waals surface area contributed by atoms with Crippen LogP contribution in [0.25, 0.3) is 0 Å². The zero-order chi connectivity index (χ0) is 16.2. The monoisotopic (exact) mass is 392 g/mol. The molecular formula is C22H30Cl2N2. The number of hydrogen-bond acceptors (Lipinski definition) is 2. The van der Waals surface area contributed by atoms with Crippen molar-refractivity contribution in [2.24, 2.45) is 0 Å². The number of benzene rings is 2. The summed E-state index contributed by atoms with van der Waals surface area (Å²) in [6.45, 7) is 6.15. The summed E-state index contributed by atoms with van der Waals surface area (Å²) in [5.74, 6) is 0. The van der Waals surface area contributed by atoms with Crippen molar-refractivity contribution in [1.29, 1.82) is 0 Å². The van der Waals surface area contributed by atoms with Gasteiger partial charge in [0.1, 0.15) is 0 Å². The SMILES string of the molecule is Cl.Cl.c1ccc(CCCN2CCN([C@H]3CCc4ccccc43)CC2)cc1. The van der Waals surface area contributed by atoms with E-state index in [1.165, 1.54) is 64.0 Å². The van der Waals surface area contributed by atoms with Crippen LogP contribution in [0.4, 0.5) is 0 Å². The fourth-order valence-electron chi connectivity index (χ4n) is 4.36. The van der Waals surface area contributed by atoms with Crippen molar-refractivity contribution in [3.05, 3.63) is 71.3 Å². The van der Waals surface area contributed by atoms with E-state index in [4.69, 9.17) is 0 Å². The van der Waals surface area contributed by atoms with E-state index in [-0.39, 0.29) is 24.8 Å². The van der Waals surface area contributed by atoms with Crippen molar-refractivity contribution in [2.75, 3.05) is 32.7 Å². The van der Waals surface area contributed by atoms with E-state index in [0.717, 1.165) is 0 Å². The average Bonchev–Trinajstić information content (AvgIpc) is 3.07. The Morgan fingerprint density at radius 3 is 2.27 bits per heavy atom. The first kappa shape index (κ1) is 21.2. The summed E-state index contributed by atoms with van der Waals surface area (Å²) in [6, 6.07) is 20.6. The van der Waals surface area contributed by atoms with E-state index in [1.807, 2.05) is 0 Å². The van der Waals surface area contributed by atoms with Crippen molar-refractivity contribution < 1.29 is 0 Å². The standard InChI is InChI=1S/C22H28N2.2ClH/c1-2-7-19(8-3-1)9-6-14-23-15-17-24(18-16-23)22-13-12-20-10-4-5-11-21(20)22;;/h1-5,7-8,10-11,22H,6,9,12-18H2;2*1H/t22-;;/m0../s1. The van der Waals surface area contributed by atoms with Gasteiger partial charge >= 0.3 is 0 Å². The summed E-state index contributed by atoms with van der Waals surface area (Å²) in [7, 11) is 0. The molecule has 0 radical (unpaired) electrons. The van der Waals surface area contributed by atoms with Crippen LogP contribution < -0.4 is 0 Å². The molecule has 4 rings (SSSR count). The minimum Gasteiger partial charge on any atom is -0.301 e. The second-order valence-corrected chi connectivity index (χ2v) is 7.22. The lowest BCUT2D eigenvalue weighted by Crippen LogP contribution is -2.47. The molecule has 1 aliphatic heterocycles. The number of aryl methyl sites for hydroxylation is 2. The fourth-order valence-corrected chi connectivity index (χ4v) is 4.36. The molecule has 1 atom stereocenters. The second kappa shape index (κ2) is 10.3. The molecule has 0 bridgehead atoms. The third-order valence-corrected chi connectivity index (χ3v) is 5.73. The third kappa shape index (κ3) is 5.01. The summed E-state index contributed by atoms with van der Waals surface area (Å²) in [5.41, 5.74) is 4.64. The predicted molar refractivity (Wildman–Crippen MR) is 115 cm³/mol. The van der Waals surface area contributed by atoms with Gasteiger partial charge in [-0.05, 0) is 48.9 Å². The molecule has 0 N–H and O–H groups in total. The number of fused-ring (bicyclic) bond motifs is 1. The zero-order valence-electron chi connectivity index (χ0n) is 15.3. The quantitative estimate of drug-likeness (QED) is 0.722. The predicted octanol–water partition coefficient (Wildman–Crippen LogP) is 4.77. The summed E-state index contributed by atoms with van der Waals surface area (Å²) in [5, 5.41) is 0. The molecule has 2 aliphatic rings. The molecule has 1 fully saturated rings. The topological polar surface area (TPSA) is 6.48 Å². The summed E-state index contributed by atoms with van der Waals surface area (Å²) >= 11 is 0. The van der Waals surface area contributed by atoms with Gasteiger partial charge in [0.15, 0.2) is 0 Å². The van der Waals surface area contributed by atoms with Gasteiger partial charge in [-0.1, -0.05) is 54.6 Å². The Bertz CT molecular complexity index is 654. The molecule has 1 saturated heterocycles. The molecule has 0 aromatic heterocycles. The van der Waals surface area contributed by atoms with Crippen LogP contribution in [-0.4, -0.2) is 42.5 Å². The van der Waals surface area contributed by atoms with Gasteiger partial charge in [0.05, 0.1) is 0 Å². The van der Waals surface area contributed by atoms with Crippen LogP contribution in [0.1, 0.15) is 35.6 Å². The number of piperazine rings is 1. The van der Waals surface area contributed by atoms with Gasteiger partial charge < -0.3 is 4.90 Å². The van der Waals surface area contributed by atoms with Crippen molar-refractivity contribution in [1.82, 2.24) is 9.80 Å². The Morgan fingerprint density at radius 2 is 1.50 bits per heavy atom. The molecule has 26 heavy (non-hydrogen) atoms. The minimum atomic E-state index is 0. The molecule has 2 aromatic carbocycles. The normalized spacial score (nSPS) is 20.1. The van der Waals surface area contributed by atoms with Crippen LogP contribution in [0.5, 0.6) is 0 Å². The van der Waals surface area contributed by atoms with Gasteiger partial charge in [-0.15, -0.1) is 24.8 Å². The number of hydrogen-bond donors (Lipinski definition) is 0. The summed E-state index contributed by atoms with van der Waals surface area (Å²) in [4.78, 5) is 5.37. The minimum absolute atomic E-state index is 0. The Kier molecular flexibility index (Phi) is 8.43. The zero-order valence-corrected chi connectivity index (χ0v) is 17.0. The number of rotatable bonds is 5. The first-order valence-corrected chi connectivity index (χ1v) is 9.48. The molecule has 1 aliphatic carbocycles. The van der Waals surface area contributed by atoms with Crippen LogP contribution in [0.3, 0.4) is 0 Å². The lowest BCUT2D eigenvalue weighted by atomic mass is 10.1. The van der Waals surface area contributed by atoms with Crippen LogP contribution in [0.15, 0.2) is 54.6 Å². The molecule has 4 heteroatoms. The highest BCUT2D eigenvalue weighted by atomic mass is 35.5. The van der Waals surface area contributed by atoms with E-state index in [9.17, 15) is 0 Å². The molecule has 142 valence electrons. The van der Waals surface area contributed by atoms with Gasteiger partial charge in [0, 0.05) is 32.2 Å². The Balaban J connectivity index is 0.00000121. The second-order valence-electron chi connectivity index (χ2n) is 7.22. The smallest absolute Gasteiger partial charge is 0.0355 e. The Morgan fingerprint density at radius 1 is 0.808 bits per heavy atom. The van der Waals surface area contributed by atoms with Crippen LogP contribution in [-0.2, 0) is 12.8 Å². The van der Waals surface area contributed by atoms with Gasteiger partial charge in [0.2, 0.25) is 0 Å². The number of nitrogens with zero attached hydrogens (tertiary/aromatic N) is 2. The van der Waals surface area contributed by atoms with Crippen LogP contribution >= 0.6 is 24.8 Å². The van der Waals surface area contributed by atoms with Gasteiger partial charge in [0.25, 0.3) is 0 Å². The van der Waals surface area contributed by atoms with E-state index in [0.29, 0.717) is 6.04 Å². The van der Waals surface area contributed by atoms with E-state index in [1.54, 1.807) is 11.1 Å². The van der Waals surface area contributed by atoms with Crippen molar-refractivity contribution in [3.8, 4) is 0 Å². The van der Waals surface area contributed by atoms with E-state index >= 15 is 0 Å². The summed E-state index contributed by atoms with van der Waals surface area (Å²) < 4.78 is 0.